The summed E-state index contributed by atoms with van der Waals surface area (Å²) in [6.07, 6.45) is 5.58. The Morgan fingerprint density at radius 2 is 2.00 bits per heavy atom. The van der Waals surface area contributed by atoms with E-state index < -0.39 is 34.9 Å². The van der Waals surface area contributed by atoms with E-state index in [2.05, 4.69) is 22.9 Å². The summed E-state index contributed by atoms with van der Waals surface area (Å²) in [4.78, 5) is 24.4. The molecule has 0 aliphatic heterocycles. The van der Waals surface area contributed by atoms with Crippen LogP contribution in [0.2, 0.25) is 0 Å². The molecule has 5 nitrogen and oxygen atoms in total. The Kier molecular flexibility index (Phi) is 4.39. The lowest BCUT2D eigenvalue weighted by Crippen LogP contribution is -2.62. The third kappa shape index (κ3) is 2.33. The molecule has 3 fully saturated rings. The summed E-state index contributed by atoms with van der Waals surface area (Å²) in [7, 11) is 0. The first kappa shape index (κ1) is 19.5. The van der Waals surface area contributed by atoms with Gasteiger partial charge in [0.2, 0.25) is 0 Å². The average molecular weight is 439 g/mol. The van der Waals surface area contributed by atoms with Gasteiger partial charge in [-0.3, -0.25) is 9.59 Å². The molecule has 3 N–H and O–H groups in total. The Morgan fingerprint density at radius 1 is 1.30 bits per heavy atom. The van der Waals surface area contributed by atoms with Crippen LogP contribution in [-0.4, -0.2) is 45.2 Å². The van der Waals surface area contributed by atoms with E-state index in [0.29, 0.717) is 19.3 Å². The van der Waals surface area contributed by atoms with Crippen LogP contribution in [0, 0.1) is 28.6 Å². The molecule has 0 heterocycles. The van der Waals surface area contributed by atoms with Gasteiger partial charge < -0.3 is 15.3 Å². The molecule has 4 aliphatic rings. The van der Waals surface area contributed by atoms with Gasteiger partial charge in [0.25, 0.3) is 0 Å². The number of Topliss-reactive ketones (excluding diaryl/α,β-unsaturated/α-hetero) is 1. The molecule has 4 rings (SSSR count). The number of rotatable bonds is 2. The topological polar surface area (TPSA) is 94.8 Å². The lowest BCUT2D eigenvalue weighted by atomic mass is 9.46. The molecule has 0 aromatic heterocycles. The zero-order valence-corrected chi connectivity index (χ0v) is 17.3. The second-order valence-electron chi connectivity index (χ2n) is 9.27. The van der Waals surface area contributed by atoms with Gasteiger partial charge in [0, 0.05) is 21.2 Å². The van der Waals surface area contributed by atoms with E-state index in [1.165, 1.54) is 0 Å². The summed E-state index contributed by atoms with van der Waals surface area (Å²) in [5.41, 5.74) is -1.69. The Morgan fingerprint density at radius 3 is 2.67 bits per heavy atom. The summed E-state index contributed by atoms with van der Waals surface area (Å²) in [5, 5.41) is 31.8. The third-order valence-electron chi connectivity index (χ3n) is 8.37. The summed E-state index contributed by atoms with van der Waals surface area (Å²) in [6, 6.07) is 0. The van der Waals surface area contributed by atoms with Crippen LogP contribution in [0.15, 0.2) is 22.2 Å². The molecule has 6 heteroatoms. The van der Waals surface area contributed by atoms with Gasteiger partial charge in [0.1, 0.15) is 12.2 Å². The Balaban J connectivity index is 1.77. The lowest BCUT2D eigenvalue weighted by Gasteiger charge is -2.60. The van der Waals surface area contributed by atoms with E-state index in [1.807, 2.05) is 6.92 Å². The molecule has 0 unspecified atom stereocenters. The van der Waals surface area contributed by atoms with Crippen molar-refractivity contribution >= 4 is 27.5 Å². The van der Waals surface area contributed by atoms with Gasteiger partial charge in [-0.1, -0.05) is 35.4 Å². The van der Waals surface area contributed by atoms with Gasteiger partial charge in [-0.15, -0.1) is 0 Å². The first-order chi connectivity index (χ1) is 12.6. The molecule has 0 bridgehead atoms. The number of fused-ring (bicyclic) bond motifs is 5. The molecule has 148 valence electrons. The van der Waals surface area contributed by atoms with E-state index >= 15 is 0 Å². The smallest absolute Gasteiger partial charge is 0.190 e. The first-order valence-electron chi connectivity index (χ1n) is 9.77. The number of aliphatic hydroxyl groups is 3. The van der Waals surface area contributed by atoms with Gasteiger partial charge in [-0.05, 0) is 56.1 Å². The van der Waals surface area contributed by atoms with E-state index in [4.69, 9.17) is 0 Å². The molecular weight excluding hydrogens is 412 g/mol. The fraction of sp³-hybridized carbons (Fsp3) is 0.714. The maximum absolute atomic E-state index is 12.4. The number of hydrogen-bond acceptors (Lipinski definition) is 5. The Bertz CT molecular complexity index is 773. The third-order valence-corrected chi connectivity index (χ3v) is 9.43. The summed E-state index contributed by atoms with van der Waals surface area (Å²) in [5.74, 6) is -0.379. The predicted octanol–water partition coefficient (Wildman–Crippen LogP) is 2.28. The minimum Gasteiger partial charge on any atom is -0.393 e. The van der Waals surface area contributed by atoms with Crippen molar-refractivity contribution in [1.29, 1.82) is 0 Å². The highest BCUT2D eigenvalue weighted by atomic mass is 79.9. The van der Waals surface area contributed by atoms with Gasteiger partial charge in [-0.2, -0.15) is 0 Å². The van der Waals surface area contributed by atoms with Crippen LogP contribution in [0.1, 0.15) is 46.0 Å². The van der Waals surface area contributed by atoms with Crippen LogP contribution in [0.25, 0.3) is 0 Å². The second kappa shape index (κ2) is 6.09. The van der Waals surface area contributed by atoms with Crippen LogP contribution < -0.4 is 0 Å². The number of aliphatic hydroxyl groups excluding tert-OH is 2. The number of allylic oxidation sites excluding steroid dienone is 4. The second-order valence-corrected chi connectivity index (χ2v) is 10.1. The zero-order chi connectivity index (χ0) is 19.8. The molecular formula is C21H27BrO5. The summed E-state index contributed by atoms with van der Waals surface area (Å²) < 4.78 is 0.814. The van der Waals surface area contributed by atoms with Crippen LogP contribution >= 0.6 is 15.9 Å². The number of carbonyl (C=O) groups excluding carboxylic acids is 2. The zero-order valence-electron chi connectivity index (χ0n) is 15.7. The van der Waals surface area contributed by atoms with Crippen LogP contribution in [0.3, 0.4) is 0 Å². The van der Waals surface area contributed by atoms with Crippen molar-refractivity contribution in [1.82, 2.24) is 0 Å². The van der Waals surface area contributed by atoms with Crippen molar-refractivity contribution in [3.8, 4) is 0 Å². The van der Waals surface area contributed by atoms with Crippen LogP contribution in [0.4, 0.5) is 0 Å². The van der Waals surface area contributed by atoms with Crippen molar-refractivity contribution in [3.63, 3.8) is 0 Å². The largest absolute Gasteiger partial charge is 0.393 e. The van der Waals surface area contributed by atoms with Gasteiger partial charge in [0.05, 0.1) is 6.10 Å². The van der Waals surface area contributed by atoms with E-state index in [0.717, 1.165) is 22.9 Å². The molecule has 0 aromatic rings. The maximum atomic E-state index is 12.4. The molecule has 3 saturated carbocycles. The molecule has 4 aliphatic carbocycles. The highest BCUT2D eigenvalue weighted by Crippen LogP contribution is 2.68. The fourth-order valence-corrected chi connectivity index (χ4v) is 7.72. The molecule has 27 heavy (non-hydrogen) atoms. The molecule has 0 radical (unpaired) electrons. The SMILES string of the molecule is C[C@]12C(Br)=CC(=O)C=C1CC[C@@H]1[C@@H]2[C@@H](O)C[C@@]2(C)[C@H]1CC[C@]2(O)C(=O)CO. The molecule has 0 spiro atoms. The standard InChI is InChI=1S/C21H27BrO5/c1-19-9-15(25)18-13(14(19)5-6-21(19,27)17(26)10-23)4-3-11-7-12(24)8-16(22)20(11,18)2/h7-8,13-15,18,23,25,27H,3-6,9-10H2,1-2H3/t13-,14-,15-,18+,19-,20+,21-/m0/s1. The Hall–Kier alpha value is -0.820. The lowest BCUT2D eigenvalue weighted by molar-refractivity contribution is -0.178. The van der Waals surface area contributed by atoms with E-state index in [-0.39, 0.29) is 23.5 Å². The highest BCUT2D eigenvalue weighted by Gasteiger charge is 2.68. The minimum atomic E-state index is -1.58. The summed E-state index contributed by atoms with van der Waals surface area (Å²) in [6.45, 7) is 3.32. The quantitative estimate of drug-likeness (QED) is 0.614. The van der Waals surface area contributed by atoms with Gasteiger partial charge >= 0.3 is 0 Å². The number of hydrogen-bond donors (Lipinski definition) is 3. The summed E-state index contributed by atoms with van der Waals surface area (Å²) >= 11 is 3.61. The minimum absolute atomic E-state index is 0.0216. The predicted molar refractivity (Wildman–Crippen MR) is 103 cm³/mol. The van der Waals surface area contributed by atoms with Crippen molar-refractivity contribution in [2.45, 2.75) is 57.7 Å². The average Bonchev–Trinajstić information content (AvgIpc) is 2.87. The fourth-order valence-electron chi connectivity index (χ4n) is 6.98. The Labute approximate surface area is 167 Å². The van der Waals surface area contributed by atoms with Crippen molar-refractivity contribution in [2.75, 3.05) is 6.61 Å². The van der Waals surface area contributed by atoms with E-state index in [9.17, 15) is 24.9 Å². The van der Waals surface area contributed by atoms with Crippen LogP contribution in [-0.2, 0) is 9.59 Å². The van der Waals surface area contributed by atoms with Crippen molar-refractivity contribution < 1.29 is 24.9 Å². The normalized spacial score (nSPS) is 48.9. The first-order valence-corrected chi connectivity index (χ1v) is 10.6. The van der Waals surface area contributed by atoms with Crippen molar-refractivity contribution in [2.24, 2.45) is 28.6 Å². The number of carbonyl (C=O) groups is 2. The highest BCUT2D eigenvalue weighted by molar-refractivity contribution is 9.11. The number of halogens is 1. The maximum Gasteiger partial charge on any atom is 0.190 e. The molecule has 0 aromatic carbocycles. The monoisotopic (exact) mass is 438 g/mol. The van der Waals surface area contributed by atoms with Gasteiger partial charge in [0.15, 0.2) is 11.6 Å². The van der Waals surface area contributed by atoms with Gasteiger partial charge in [-0.25, -0.2) is 0 Å². The number of ketones is 2. The molecule has 7 atom stereocenters. The van der Waals surface area contributed by atoms with E-state index in [1.54, 1.807) is 12.2 Å². The van der Waals surface area contributed by atoms with Crippen molar-refractivity contribution in [3.05, 3.63) is 22.2 Å². The van der Waals surface area contributed by atoms with Crippen LogP contribution in [0.5, 0.6) is 0 Å². The molecule has 0 saturated heterocycles. The molecule has 0 amide bonds.